The number of carbonyl (C=O) groups excluding carboxylic acids is 2. The van der Waals surface area contributed by atoms with Crippen molar-refractivity contribution in [1.29, 1.82) is 0 Å². The number of likely N-dealkylation sites (tertiary alicyclic amines) is 1. The summed E-state index contributed by atoms with van der Waals surface area (Å²) in [4.78, 5) is 31.0. The first-order valence-electron chi connectivity index (χ1n) is 9.58. The quantitative estimate of drug-likeness (QED) is 0.822. The predicted molar refractivity (Wildman–Crippen MR) is 94.4 cm³/mol. The van der Waals surface area contributed by atoms with E-state index in [1.165, 1.54) is 12.8 Å². The van der Waals surface area contributed by atoms with Gasteiger partial charge in [0.25, 0.3) is 5.91 Å². The average molecular weight is 361 g/mol. The summed E-state index contributed by atoms with van der Waals surface area (Å²) in [5.74, 6) is 0.749. The third kappa shape index (κ3) is 3.06. The van der Waals surface area contributed by atoms with E-state index in [0.717, 1.165) is 18.7 Å². The van der Waals surface area contributed by atoms with Crippen LogP contribution in [0.15, 0.2) is 12.4 Å². The van der Waals surface area contributed by atoms with Crippen molar-refractivity contribution in [1.82, 2.24) is 25.1 Å². The molecule has 1 aromatic rings. The van der Waals surface area contributed by atoms with Crippen LogP contribution in [0.5, 0.6) is 0 Å². The van der Waals surface area contributed by atoms with E-state index in [2.05, 4.69) is 15.6 Å². The van der Waals surface area contributed by atoms with E-state index in [9.17, 15) is 9.59 Å². The van der Waals surface area contributed by atoms with Crippen LogP contribution < -0.4 is 10.6 Å². The first kappa shape index (κ1) is 17.3. The molecule has 8 heteroatoms. The van der Waals surface area contributed by atoms with E-state index >= 15 is 0 Å². The van der Waals surface area contributed by atoms with Gasteiger partial charge in [-0.25, -0.2) is 9.78 Å². The summed E-state index contributed by atoms with van der Waals surface area (Å²) in [5.41, 5.74) is -0.594. The fourth-order valence-electron chi connectivity index (χ4n) is 4.44. The largest absolute Gasteiger partial charge is 0.357 e. The van der Waals surface area contributed by atoms with Gasteiger partial charge in [-0.2, -0.15) is 0 Å². The molecular formula is C18H27N5O3. The van der Waals surface area contributed by atoms with Crippen molar-refractivity contribution in [2.45, 2.75) is 62.8 Å². The molecule has 3 aliphatic rings. The van der Waals surface area contributed by atoms with Gasteiger partial charge in [-0.3, -0.25) is 4.79 Å². The van der Waals surface area contributed by atoms with Gasteiger partial charge < -0.3 is 24.8 Å². The van der Waals surface area contributed by atoms with Crippen molar-refractivity contribution in [3.63, 3.8) is 0 Å². The number of nitrogens with one attached hydrogen (secondary N) is 2. The smallest absolute Gasteiger partial charge is 0.317 e. The third-order valence-corrected chi connectivity index (χ3v) is 5.93. The highest BCUT2D eigenvalue weighted by molar-refractivity contribution is 5.80. The zero-order chi connectivity index (χ0) is 18.1. The predicted octanol–water partition coefficient (Wildman–Crippen LogP) is 0.971. The number of urea groups is 1. The van der Waals surface area contributed by atoms with E-state index in [-0.39, 0.29) is 11.9 Å². The molecule has 0 radical (unpaired) electrons. The van der Waals surface area contributed by atoms with Crippen LogP contribution >= 0.6 is 0 Å². The topological polar surface area (TPSA) is 88.5 Å². The average Bonchev–Trinajstić information content (AvgIpc) is 3.33. The monoisotopic (exact) mass is 361 g/mol. The molecule has 2 aliphatic heterocycles. The molecule has 26 heavy (non-hydrogen) atoms. The summed E-state index contributed by atoms with van der Waals surface area (Å²) in [6.07, 6.45) is 8.99. The maximum absolute atomic E-state index is 12.5. The summed E-state index contributed by atoms with van der Waals surface area (Å²) in [6, 6.07) is 0.342. The number of aromatic nitrogens is 2. The first-order valence-corrected chi connectivity index (χ1v) is 9.58. The van der Waals surface area contributed by atoms with Gasteiger partial charge in [0.2, 0.25) is 0 Å². The Morgan fingerprint density at radius 3 is 2.69 bits per heavy atom. The van der Waals surface area contributed by atoms with Crippen molar-refractivity contribution in [3.8, 4) is 0 Å². The Balaban J connectivity index is 1.45. The minimum absolute atomic E-state index is 0.0220. The molecule has 1 spiro atoms. The molecule has 2 N–H and O–H groups in total. The van der Waals surface area contributed by atoms with Crippen LogP contribution in [-0.2, 0) is 21.7 Å². The molecule has 1 aliphatic carbocycles. The number of rotatable bonds is 2. The molecule has 3 amide bonds. The maximum Gasteiger partial charge on any atom is 0.317 e. The Labute approximate surface area is 153 Å². The number of nitrogens with zero attached hydrogens (tertiary/aromatic N) is 3. The summed E-state index contributed by atoms with van der Waals surface area (Å²) >= 11 is 0. The Bertz CT molecular complexity index is 674. The Morgan fingerprint density at radius 1 is 1.27 bits per heavy atom. The van der Waals surface area contributed by atoms with Crippen LogP contribution in [0.25, 0.3) is 0 Å². The number of ether oxygens (including phenoxy) is 1. The van der Waals surface area contributed by atoms with Gasteiger partial charge in [-0.05, 0) is 12.8 Å². The Kier molecular flexibility index (Phi) is 4.60. The molecule has 3 heterocycles. The lowest BCUT2D eigenvalue weighted by atomic mass is 9.88. The van der Waals surface area contributed by atoms with Crippen LogP contribution in [0.4, 0.5) is 4.79 Å². The molecule has 0 unspecified atom stereocenters. The Hall–Kier alpha value is -2.09. The Morgan fingerprint density at radius 2 is 2.00 bits per heavy atom. The van der Waals surface area contributed by atoms with Gasteiger partial charge in [0, 0.05) is 51.4 Å². The second kappa shape index (κ2) is 6.90. The molecule has 8 nitrogen and oxygen atoms in total. The summed E-state index contributed by atoms with van der Waals surface area (Å²) in [5, 5.41) is 5.83. The number of likely N-dealkylation sites (N-methyl/N-ethyl adjacent to an activating group) is 1. The summed E-state index contributed by atoms with van der Waals surface area (Å²) < 4.78 is 8.27. The molecule has 4 rings (SSSR count). The fraction of sp³-hybridized carbons (Fsp3) is 0.722. The van der Waals surface area contributed by atoms with Gasteiger partial charge >= 0.3 is 6.03 Å². The van der Waals surface area contributed by atoms with Crippen molar-refractivity contribution in [2.24, 2.45) is 0 Å². The van der Waals surface area contributed by atoms with Gasteiger partial charge in [-0.15, -0.1) is 0 Å². The van der Waals surface area contributed by atoms with Crippen molar-refractivity contribution >= 4 is 11.9 Å². The van der Waals surface area contributed by atoms with Crippen molar-refractivity contribution < 1.29 is 14.3 Å². The standard InChI is InChI=1S/C18H27N5O3/c1-19-15(24)14-12-23-11-8-20-16(23)18(26-14)6-9-22(10-7-18)17(25)21-13-4-2-3-5-13/h8,11,13-14H,2-7,9-10,12H2,1H3,(H,19,24)(H,21,25)/t14-/m0/s1. The molecule has 1 saturated carbocycles. The normalized spacial score (nSPS) is 25.1. The fourth-order valence-corrected chi connectivity index (χ4v) is 4.44. The van der Waals surface area contributed by atoms with Gasteiger partial charge in [0.1, 0.15) is 11.4 Å². The zero-order valence-electron chi connectivity index (χ0n) is 15.2. The van der Waals surface area contributed by atoms with E-state index in [0.29, 0.717) is 38.5 Å². The van der Waals surface area contributed by atoms with Crippen molar-refractivity contribution in [2.75, 3.05) is 20.1 Å². The van der Waals surface area contributed by atoms with Crippen LogP contribution in [0.1, 0.15) is 44.3 Å². The number of hydrogen-bond donors (Lipinski definition) is 2. The second-order valence-corrected chi connectivity index (χ2v) is 7.54. The number of fused-ring (bicyclic) bond motifs is 2. The van der Waals surface area contributed by atoms with Crippen LogP contribution in [-0.4, -0.2) is 58.7 Å². The number of carbonyl (C=O) groups is 2. The number of piperidine rings is 1. The third-order valence-electron chi connectivity index (χ3n) is 5.93. The van der Waals surface area contributed by atoms with Gasteiger partial charge in [-0.1, -0.05) is 12.8 Å². The lowest BCUT2D eigenvalue weighted by Crippen LogP contribution is -2.56. The maximum atomic E-state index is 12.5. The molecule has 0 aromatic carbocycles. The lowest BCUT2D eigenvalue weighted by Gasteiger charge is -2.45. The molecular weight excluding hydrogens is 334 g/mol. The lowest BCUT2D eigenvalue weighted by molar-refractivity contribution is -0.171. The zero-order valence-corrected chi connectivity index (χ0v) is 15.2. The minimum Gasteiger partial charge on any atom is -0.357 e. The van der Waals surface area contributed by atoms with Crippen molar-refractivity contribution in [3.05, 3.63) is 18.2 Å². The molecule has 1 atom stereocenters. The van der Waals surface area contributed by atoms with Gasteiger partial charge in [0.15, 0.2) is 6.10 Å². The highest BCUT2D eigenvalue weighted by Gasteiger charge is 2.47. The number of imidazole rings is 1. The molecule has 0 bridgehead atoms. The van der Waals surface area contributed by atoms with Gasteiger partial charge in [0.05, 0.1) is 6.54 Å². The van der Waals surface area contributed by atoms with Crippen LogP contribution in [0.2, 0.25) is 0 Å². The molecule has 142 valence electrons. The molecule has 2 fully saturated rings. The molecule has 1 saturated heterocycles. The number of amides is 3. The molecule has 1 aromatic heterocycles. The first-order chi connectivity index (χ1) is 12.6. The highest BCUT2D eigenvalue weighted by atomic mass is 16.5. The summed E-state index contributed by atoms with van der Waals surface area (Å²) in [6.45, 7) is 1.68. The van der Waals surface area contributed by atoms with Crippen LogP contribution in [0.3, 0.4) is 0 Å². The minimum atomic E-state index is -0.594. The second-order valence-electron chi connectivity index (χ2n) is 7.54. The summed E-state index contributed by atoms with van der Waals surface area (Å²) in [7, 11) is 1.62. The van der Waals surface area contributed by atoms with E-state index in [4.69, 9.17) is 4.74 Å². The van der Waals surface area contributed by atoms with Crippen LogP contribution in [0, 0.1) is 0 Å². The van der Waals surface area contributed by atoms with E-state index < -0.39 is 11.7 Å². The van der Waals surface area contributed by atoms with E-state index in [1.54, 1.807) is 13.2 Å². The number of hydrogen-bond acceptors (Lipinski definition) is 4. The SMILES string of the molecule is CNC(=O)[C@@H]1Cn2ccnc2C2(CCN(C(=O)NC3CCCC3)CC2)O1. The highest BCUT2D eigenvalue weighted by Crippen LogP contribution is 2.40. The van der Waals surface area contributed by atoms with E-state index in [1.807, 2.05) is 15.7 Å².